The molecule has 21 heavy (non-hydrogen) atoms. The molecule has 0 bridgehead atoms. The van der Waals surface area contributed by atoms with Gasteiger partial charge in [-0.1, -0.05) is 13.8 Å². The molecule has 0 aliphatic carbocycles. The van der Waals surface area contributed by atoms with Crippen molar-refractivity contribution in [1.29, 1.82) is 0 Å². The highest BCUT2D eigenvalue weighted by molar-refractivity contribution is 5.82. The molecule has 0 aromatic heterocycles. The van der Waals surface area contributed by atoms with Crippen LogP contribution in [-0.2, 0) is 9.53 Å². The van der Waals surface area contributed by atoms with Crippen molar-refractivity contribution in [1.82, 2.24) is 5.32 Å². The molecular weight excluding hydrogens is 280 g/mol. The maximum absolute atomic E-state index is 11.7. The summed E-state index contributed by atoms with van der Waals surface area (Å²) in [5, 5.41) is 12.9. The third kappa shape index (κ3) is 4.75. The van der Waals surface area contributed by atoms with Crippen LogP contribution in [0.3, 0.4) is 0 Å². The van der Waals surface area contributed by atoms with E-state index in [-0.39, 0.29) is 17.4 Å². The minimum atomic E-state index is -0.840. The lowest BCUT2D eigenvalue weighted by atomic mass is 10.1. The van der Waals surface area contributed by atoms with E-state index in [9.17, 15) is 19.7 Å². The second kappa shape index (κ2) is 7.22. The average Bonchev–Trinajstić information content (AvgIpc) is 2.44. The highest BCUT2D eigenvalue weighted by Gasteiger charge is 2.25. The lowest BCUT2D eigenvalue weighted by molar-refractivity contribution is -0.384. The number of rotatable bonds is 5. The number of amides is 1. The number of ether oxygens (including phenoxy) is 2. The molecule has 0 saturated heterocycles. The van der Waals surface area contributed by atoms with Crippen LogP contribution < -0.4 is 10.1 Å². The fraction of sp³-hybridized carbons (Fsp3) is 0.385. The fourth-order valence-corrected chi connectivity index (χ4v) is 1.52. The molecule has 1 aromatic rings. The van der Waals surface area contributed by atoms with Gasteiger partial charge < -0.3 is 14.8 Å². The van der Waals surface area contributed by atoms with Gasteiger partial charge in [0.15, 0.2) is 0 Å². The third-order valence-electron chi connectivity index (χ3n) is 2.65. The summed E-state index contributed by atoms with van der Waals surface area (Å²) in [5.41, 5.74) is -0.114. The van der Waals surface area contributed by atoms with Crippen molar-refractivity contribution in [2.45, 2.75) is 19.9 Å². The highest BCUT2D eigenvalue weighted by atomic mass is 16.6. The van der Waals surface area contributed by atoms with Crippen molar-refractivity contribution < 1.29 is 24.0 Å². The second-order valence-electron chi connectivity index (χ2n) is 4.53. The van der Waals surface area contributed by atoms with Gasteiger partial charge in [-0.05, 0) is 18.1 Å². The summed E-state index contributed by atoms with van der Waals surface area (Å²) in [6.07, 6.45) is -0.840. The molecule has 0 spiro atoms. The topological polar surface area (TPSA) is 108 Å². The van der Waals surface area contributed by atoms with Gasteiger partial charge in [-0.3, -0.25) is 10.1 Å². The van der Waals surface area contributed by atoms with Crippen molar-refractivity contribution in [2.24, 2.45) is 5.92 Å². The molecule has 0 radical (unpaired) electrons. The van der Waals surface area contributed by atoms with Gasteiger partial charge >= 0.3 is 12.1 Å². The largest absolute Gasteiger partial charge is 0.467 e. The van der Waals surface area contributed by atoms with Crippen LogP contribution in [0.5, 0.6) is 5.75 Å². The zero-order chi connectivity index (χ0) is 16.0. The number of hydrogen-bond donors (Lipinski definition) is 1. The Labute approximate surface area is 121 Å². The Morgan fingerprint density at radius 3 is 2.24 bits per heavy atom. The quantitative estimate of drug-likeness (QED) is 0.505. The zero-order valence-electron chi connectivity index (χ0n) is 11.9. The lowest BCUT2D eigenvalue weighted by Crippen LogP contribution is -2.46. The third-order valence-corrected chi connectivity index (χ3v) is 2.65. The lowest BCUT2D eigenvalue weighted by Gasteiger charge is -2.19. The van der Waals surface area contributed by atoms with Crippen molar-refractivity contribution in [2.75, 3.05) is 7.11 Å². The molecule has 0 heterocycles. The van der Waals surface area contributed by atoms with Gasteiger partial charge in [0.05, 0.1) is 12.0 Å². The molecule has 114 valence electrons. The Hall–Kier alpha value is -2.64. The SMILES string of the molecule is COC(=O)[C@H](NC(=O)Oc1ccc([N+](=O)[O-])cc1)C(C)C. The van der Waals surface area contributed by atoms with E-state index in [2.05, 4.69) is 10.1 Å². The van der Waals surface area contributed by atoms with E-state index in [0.717, 1.165) is 0 Å². The molecule has 1 amide bonds. The number of carbonyl (C=O) groups is 2. The van der Waals surface area contributed by atoms with Crippen LogP contribution in [0.15, 0.2) is 24.3 Å². The molecule has 0 saturated carbocycles. The zero-order valence-corrected chi connectivity index (χ0v) is 11.9. The number of hydrogen-bond acceptors (Lipinski definition) is 6. The van der Waals surface area contributed by atoms with Crippen molar-refractivity contribution in [3.63, 3.8) is 0 Å². The Morgan fingerprint density at radius 1 is 1.24 bits per heavy atom. The summed E-state index contributed by atoms with van der Waals surface area (Å²) in [7, 11) is 1.22. The molecule has 0 aliphatic rings. The predicted octanol–water partition coefficient (Wildman–Crippen LogP) is 1.88. The minimum Gasteiger partial charge on any atom is -0.467 e. The van der Waals surface area contributed by atoms with Crippen LogP contribution in [-0.4, -0.2) is 30.1 Å². The standard InChI is InChI=1S/C13H16N2O6/c1-8(2)11(12(16)20-3)14-13(17)21-10-6-4-9(5-7-10)15(18)19/h4-8,11H,1-3H3,(H,14,17)/t11-/m1/s1. The van der Waals surface area contributed by atoms with Crippen molar-refractivity contribution >= 4 is 17.7 Å². The second-order valence-corrected chi connectivity index (χ2v) is 4.53. The molecule has 8 heteroatoms. The highest BCUT2D eigenvalue weighted by Crippen LogP contribution is 2.17. The first-order valence-electron chi connectivity index (χ1n) is 6.15. The van der Waals surface area contributed by atoms with E-state index in [0.29, 0.717) is 0 Å². The maximum atomic E-state index is 11.7. The predicted molar refractivity (Wildman–Crippen MR) is 72.9 cm³/mol. The van der Waals surface area contributed by atoms with Gasteiger partial charge in [-0.2, -0.15) is 0 Å². The summed E-state index contributed by atoms with van der Waals surface area (Å²) in [6, 6.07) is 4.17. The fourth-order valence-electron chi connectivity index (χ4n) is 1.52. The van der Waals surface area contributed by atoms with E-state index in [1.165, 1.54) is 31.4 Å². The summed E-state index contributed by atoms with van der Waals surface area (Å²) in [5.74, 6) is -0.627. The number of nitrogens with one attached hydrogen (secondary N) is 1. The van der Waals surface area contributed by atoms with Gasteiger partial charge in [0.1, 0.15) is 11.8 Å². The number of nitro benzene ring substituents is 1. The van der Waals surface area contributed by atoms with Crippen molar-refractivity contribution in [3.05, 3.63) is 34.4 Å². The van der Waals surface area contributed by atoms with E-state index < -0.39 is 23.0 Å². The summed E-state index contributed by atoms with van der Waals surface area (Å²) < 4.78 is 9.53. The van der Waals surface area contributed by atoms with Gasteiger partial charge in [0.25, 0.3) is 5.69 Å². The molecule has 1 rings (SSSR count). The Morgan fingerprint density at radius 2 is 1.81 bits per heavy atom. The van der Waals surface area contributed by atoms with Crippen LogP contribution in [0.1, 0.15) is 13.8 Å². The average molecular weight is 296 g/mol. The van der Waals surface area contributed by atoms with Gasteiger partial charge in [0.2, 0.25) is 0 Å². The summed E-state index contributed by atoms with van der Waals surface area (Å²) in [6.45, 7) is 3.49. The molecule has 8 nitrogen and oxygen atoms in total. The van der Waals surface area contributed by atoms with E-state index in [4.69, 9.17) is 4.74 Å². The van der Waals surface area contributed by atoms with Crippen LogP contribution in [0.2, 0.25) is 0 Å². The number of nitro groups is 1. The van der Waals surface area contributed by atoms with Gasteiger partial charge in [0, 0.05) is 12.1 Å². The Kier molecular flexibility index (Phi) is 5.65. The molecule has 0 fully saturated rings. The van der Waals surface area contributed by atoms with Crippen LogP contribution >= 0.6 is 0 Å². The Balaban J connectivity index is 2.67. The van der Waals surface area contributed by atoms with Crippen LogP contribution in [0, 0.1) is 16.0 Å². The van der Waals surface area contributed by atoms with Crippen LogP contribution in [0.25, 0.3) is 0 Å². The van der Waals surface area contributed by atoms with Gasteiger partial charge in [-0.15, -0.1) is 0 Å². The molecule has 1 aromatic carbocycles. The van der Waals surface area contributed by atoms with E-state index >= 15 is 0 Å². The van der Waals surface area contributed by atoms with E-state index in [1.54, 1.807) is 13.8 Å². The van der Waals surface area contributed by atoms with Gasteiger partial charge in [-0.25, -0.2) is 9.59 Å². The normalized spacial score (nSPS) is 11.6. The molecule has 0 aliphatic heterocycles. The first-order chi connectivity index (χ1) is 9.85. The number of carbonyl (C=O) groups excluding carboxylic acids is 2. The molecular formula is C13H16N2O6. The molecule has 1 atom stereocenters. The molecule has 1 N–H and O–H groups in total. The van der Waals surface area contributed by atoms with Crippen molar-refractivity contribution in [3.8, 4) is 5.75 Å². The smallest absolute Gasteiger partial charge is 0.413 e. The monoisotopic (exact) mass is 296 g/mol. The number of non-ortho nitro benzene ring substituents is 1. The maximum Gasteiger partial charge on any atom is 0.413 e. The van der Waals surface area contributed by atoms with E-state index in [1.807, 2.05) is 0 Å². The number of esters is 1. The van der Waals surface area contributed by atoms with Crippen LogP contribution in [0.4, 0.5) is 10.5 Å². The Bertz CT molecular complexity index is 526. The number of methoxy groups -OCH3 is 1. The minimum absolute atomic E-state index is 0.114. The first-order valence-corrected chi connectivity index (χ1v) is 6.15. The number of nitrogens with zero attached hydrogens (tertiary/aromatic N) is 1. The number of benzene rings is 1. The molecule has 0 unspecified atom stereocenters. The first kappa shape index (κ1) is 16.4. The summed E-state index contributed by atoms with van der Waals surface area (Å²) >= 11 is 0. The summed E-state index contributed by atoms with van der Waals surface area (Å²) in [4.78, 5) is 33.1.